The minimum atomic E-state index is -0.783. The Kier molecular flexibility index (Phi) is 5.95. The standard InChI is InChI=1S/C20H27ClF2O2/c1-19(2,3)13(17-15(22)7-6-14(21)18(17)23)5-8-16(24)12-9-10-20(4,25)11-12/h6-7,12-13,25H,5,8-11H2,1-4H3/t12?,13-,20?/m1/s1. The molecule has 2 unspecified atom stereocenters. The quantitative estimate of drug-likeness (QED) is 0.678. The van der Waals surface area contributed by atoms with Crippen LogP contribution in [0.15, 0.2) is 12.1 Å². The predicted molar refractivity (Wildman–Crippen MR) is 95.8 cm³/mol. The fraction of sp³-hybridized carbons (Fsp3) is 0.650. The van der Waals surface area contributed by atoms with Gasteiger partial charge in [0, 0.05) is 17.9 Å². The minimum absolute atomic E-state index is 0.0359. The van der Waals surface area contributed by atoms with Crippen LogP contribution in [0, 0.1) is 23.0 Å². The number of hydrogen-bond acceptors (Lipinski definition) is 2. The van der Waals surface area contributed by atoms with Gasteiger partial charge in [-0.25, -0.2) is 8.78 Å². The maximum absolute atomic E-state index is 14.5. The highest BCUT2D eigenvalue weighted by molar-refractivity contribution is 6.30. The van der Waals surface area contributed by atoms with Crippen LogP contribution in [0.5, 0.6) is 0 Å². The molecule has 1 aliphatic rings. The van der Waals surface area contributed by atoms with Crippen LogP contribution < -0.4 is 0 Å². The first kappa shape index (κ1) is 20.3. The van der Waals surface area contributed by atoms with Gasteiger partial charge in [-0.15, -0.1) is 0 Å². The van der Waals surface area contributed by atoms with Gasteiger partial charge in [0.2, 0.25) is 0 Å². The number of carbonyl (C=O) groups is 1. The summed E-state index contributed by atoms with van der Waals surface area (Å²) in [6, 6.07) is 2.39. The molecule has 1 N–H and O–H groups in total. The highest BCUT2D eigenvalue weighted by Crippen LogP contribution is 2.43. The topological polar surface area (TPSA) is 37.3 Å². The summed E-state index contributed by atoms with van der Waals surface area (Å²) in [6.07, 6.45) is 2.35. The summed E-state index contributed by atoms with van der Waals surface area (Å²) in [5.41, 5.74) is -1.24. The summed E-state index contributed by atoms with van der Waals surface area (Å²) >= 11 is 5.84. The van der Waals surface area contributed by atoms with Crippen LogP contribution in [0.25, 0.3) is 0 Å². The molecule has 1 aliphatic carbocycles. The Morgan fingerprint density at radius 3 is 2.56 bits per heavy atom. The van der Waals surface area contributed by atoms with Gasteiger partial charge < -0.3 is 5.11 Å². The van der Waals surface area contributed by atoms with Crippen molar-refractivity contribution >= 4 is 17.4 Å². The van der Waals surface area contributed by atoms with Crippen LogP contribution in [-0.4, -0.2) is 16.5 Å². The minimum Gasteiger partial charge on any atom is -0.390 e. The number of rotatable bonds is 5. The molecule has 0 amide bonds. The first-order chi connectivity index (χ1) is 11.4. The van der Waals surface area contributed by atoms with Gasteiger partial charge in [0.25, 0.3) is 0 Å². The summed E-state index contributed by atoms with van der Waals surface area (Å²) in [4.78, 5) is 12.5. The van der Waals surface area contributed by atoms with E-state index in [4.69, 9.17) is 11.6 Å². The summed E-state index contributed by atoms with van der Waals surface area (Å²) in [5.74, 6) is -1.92. The summed E-state index contributed by atoms with van der Waals surface area (Å²) in [6.45, 7) is 7.46. The number of Topliss-reactive ketones (excluding diaryl/α,β-unsaturated/α-hetero) is 1. The summed E-state index contributed by atoms with van der Waals surface area (Å²) in [5, 5.41) is 9.93. The third-order valence-electron chi connectivity index (χ3n) is 5.33. The van der Waals surface area contributed by atoms with Gasteiger partial charge in [-0.2, -0.15) is 0 Å². The van der Waals surface area contributed by atoms with E-state index in [0.29, 0.717) is 25.7 Å². The van der Waals surface area contributed by atoms with Gasteiger partial charge in [0.15, 0.2) is 0 Å². The zero-order chi connectivity index (χ0) is 19.0. The van der Waals surface area contributed by atoms with Crippen molar-refractivity contribution in [1.29, 1.82) is 0 Å². The van der Waals surface area contributed by atoms with Gasteiger partial charge >= 0.3 is 0 Å². The molecule has 1 saturated carbocycles. The third kappa shape index (κ3) is 4.79. The van der Waals surface area contributed by atoms with Crippen LogP contribution in [0.3, 0.4) is 0 Å². The highest BCUT2D eigenvalue weighted by atomic mass is 35.5. The molecule has 0 aromatic heterocycles. The second-order valence-corrected chi connectivity index (χ2v) is 9.02. The molecule has 0 saturated heterocycles. The van der Waals surface area contributed by atoms with E-state index in [2.05, 4.69) is 0 Å². The van der Waals surface area contributed by atoms with Gasteiger partial charge in [0.1, 0.15) is 17.4 Å². The molecule has 2 rings (SSSR count). The Hall–Kier alpha value is -1.000. The summed E-state index contributed by atoms with van der Waals surface area (Å²) < 4.78 is 28.8. The van der Waals surface area contributed by atoms with E-state index in [9.17, 15) is 18.7 Å². The lowest BCUT2D eigenvalue weighted by atomic mass is 9.73. The molecule has 0 aliphatic heterocycles. The molecule has 0 spiro atoms. The highest BCUT2D eigenvalue weighted by Gasteiger charge is 2.38. The van der Waals surface area contributed by atoms with Crippen LogP contribution >= 0.6 is 11.6 Å². The average molecular weight is 373 g/mol. The Morgan fingerprint density at radius 1 is 1.40 bits per heavy atom. The smallest absolute Gasteiger partial charge is 0.148 e. The molecule has 5 heteroatoms. The van der Waals surface area contributed by atoms with E-state index in [1.165, 1.54) is 12.1 Å². The van der Waals surface area contributed by atoms with E-state index >= 15 is 0 Å². The van der Waals surface area contributed by atoms with Crippen molar-refractivity contribution in [2.45, 2.75) is 71.3 Å². The lowest BCUT2D eigenvalue weighted by Gasteiger charge is -2.32. The third-order valence-corrected chi connectivity index (χ3v) is 5.62. The molecular weight excluding hydrogens is 346 g/mol. The lowest BCUT2D eigenvalue weighted by molar-refractivity contribution is -0.123. The van der Waals surface area contributed by atoms with E-state index in [-0.39, 0.29) is 28.7 Å². The van der Waals surface area contributed by atoms with Crippen molar-refractivity contribution in [3.63, 3.8) is 0 Å². The van der Waals surface area contributed by atoms with Gasteiger partial charge in [-0.1, -0.05) is 32.4 Å². The van der Waals surface area contributed by atoms with E-state index in [1.807, 2.05) is 20.8 Å². The molecule has 1 aromatic rings. The normalized spacial score (nSPS) is 25.2. The Morgan fingerprint density at radius 2 is 2.04 bits per heavy atom. The predicted octanol–water partition coefficient (Wildman–Crippen LogP) is 5.65. The number of halogens is 3. The average Bonchev–Trinajstić information content (AvgIpc) is 2.85. The number of benzene rings is 1. The first-order valence-electron chi connectivity index (χ1n) is 8.81. The fourth-order valence-corrected chi connectivity index (χ4v) is 4.02. The number of aliphatic hydroxyl groups is 1. The largest absolute Gasteiger partial charge is 0.390 e. The van der Waals surface area contributed by atoms with E-state index in [0.717, 1.165) is 0 Å². The maximum atomic E-state index is 14.5. The van der Waals surface area contributed by atoms with Crippen molar-refractivity contribution in [2.75, 3.05) is 0 Å². The van der Waals surface area contributed by atoms with Crippen molar-refractivity contribution in [2.24, 2.45) is 11.3 Å². The molecule has 3 atom stereocenters. The van der Waals surface area contributed by atoms with Crippen molar-refractivity contribution in [3.8, 4) is 0 Å². The second kappa shape index (κ2) is 7.32. The molecular formula is C20H27ClF2O2. The number of hydrogen-bond donors (Lipinski definition) is 1. The van der Waals surface area contributed by atoms with Crippen LogP contribution in [0.4, 0.5) is 8.78 Å². The van der Waals surface area contributed by atoms with Gasteiger partial charge in [-0.3, -0.25) is 4.79 Å². The Labute approximate surface area is 153 Å². The van der Waals surface area contributed by atoms with Crippen molar-refractivity contribution in [1.82, 2.24) is 0 Å². The maximum Gasteiger partial charge on any atom is 0.148 e. The summed E-state index contributed by atoms with van der Waals surface area (Å²) in [7, 11) is 0. The zero-order valence-corrected chi connectivity index (χ0v) is 16.1. The van der Waals surface area contributed by atoms with Gasteiger partial charge in [-0.05, 0) is 56.1 Å². The molecule has 1 fully saturated rings. The first-order valence-corrected chi connectivity index (χ1v) is 9.18. The number of carbonyl (C=O) groups excluding carboxylic acids is 1. The molecule has 0 radical (unpaired) electrons. The van der Waals surface area contributed by atoms with Gasteiger partial charge in [0.05, 0.1) is 10.6 Å². The molecule has 140 valence electrons. The van der Waals surface area contributed by atoms with E-state index in [1.54, 1.807) is 6.92 Å². The second-order valence-electron chi connectivity index (χ2n) is 8.62. The monoisotopic (exact) mass is 372 g/mol. The van der Waals surface area contributed by atoms with Crippen molar-refractivity contribution < 1.29 is 18.7 Å². The molecule has 1 aromatic carbocycles. The number of ketones is 1. The molecule has 0 bridgehead atoms. The molecule has 2 nitrogen and oxygen atoms in total. The van der Waals surface area contributed by atoms with E-state index < -0.39 is 28.6 Å². The fourth-order valence-electron chi connectivity index (χ4n) is 3.86. The molecule has 25 heavy (non-hydrogen) atoms. The Balaban J connectivity index is 2.18. The van der Waals surface area contributed by atoms with Crippen LogP contribution in [0.2, 0.25) is 5.02 Å². The SMILES string of the molecule is CC1(O)CCC(C(=O)CC[C@H](c2c(F)ccc(Cl)c2F)C(C)(C)C)C1. The van der Waals surface area contributed by atoms with Crippen molar-refractivity contribution in [3.05, 3.63) is 34.4 Å². The van der Waals surface area contributed by atoms with Crippen LogP contribution in [-0.2, 0) is 4.79 Å². The van der Waals surface area contributed by atoms with Crippen LogP contribution in [0.1, 0.15) is 71.3 Å². The molecule has 0 heterocycles. The Bertz CT molecular complexity index is 650. The lowest BCUT2D eigenvalue weighted by Crippen LogP contribution is -2.24. The zero-order valence-electron chi connectivity index (χ0n) is 15.3.